The Morgan fingerprint density at radius 3 is 2.70 bits per heavy atom. The minimum atomic E-state index is -0.373. The zero-order valence-corrected chi connectivity index (χ0v) is 13.8. The van der Waals surface area contributed by atoms with Crippen LogP contribution in [-0.4, -0.2) is 42.5 Å². The van der Waals surface area contributed by atoms with E-state index in [1.807, 2.05) is 26.8 Å². The molecule has 1 saturated heterocycles. The summed E-state index contributed by atoms with van der Waals surface area (Å²) in [7, 11) is 0. The number of hydrogen-bond acceptors (Lipinski definition) is 2. The van der Waals surface area contributed by atoms with E-state index in [-0.39, 0.29) is 35.6 Å². The van der Waals surface area contributed by atoms with Crippen molar-refractivity contribution in [2.75, 3.05) is 19.6 Å². The summed E-state index contributed by atoms with van der Waals surface area (Å²) in [4.78, 5) is 26.2. The number of urea groups is 1. The average Bonchev–Trinajstić information content (AvgIpc) is 2.92. The Balaban J connectivity index is 2.24. The molecule has 1 aliphatic rings. The smallest absolute Gasteiger partial charge is 0.317 e. The fraction of sp³-hybridized carbons (Fsp3) is 0.529. The largest absolute Gasteiger partial charge is 0.354 e. The van der Waals surface area contributed by atoms with Crippen LogP contribution in [-0.2, 0) is 4.79 Å². The Labute approximate surface area is 136 Å². The molecule has 6 heteroatoms. The van der Waals surface area contributed by atoms with E-state index in [9.17, 15) is 14.0 Å². The third kappa shape index (κ3) is 4.21. The van der Waals surface area contributed by atoms with Crippen molar-refractivity contribution in [1.82, 2.24) is 15.5 Å². The highest BCUT2D eigenvalue weighted by atomic mass is 19.1. The van der Waals surface area contributed by atoms with Crippen molar-refractivity contribution in [3.63, 3.8) is 0 Å². The fourth-order valence-corrected chi connectivity index (χ4v) is 2.96. The summed E-state index contributed by atoms with van der Waals surface area (Å²) in [5.74, 6) is -1.00. The van der Waals surface area contributed by atoms with E-state index >= 15 is 0 Å². The predicted octanol–water partition coefficient (Wildman–Crippen LogP) is 2.10. The summed E-state index contributed by atoms with van der Waals surface area (Å²) < 4.78 is 13.5. The van der Waals surface area contributed by atoms with Crippen LogP contribution in [0.3, 0.4) is 0 Å². The first-order valence-corrected chi connectivity index (χ1v) is 8.01. The molecule has 1 aromatic rings. The second kappa shape index (κ2) is 7.44. The van der Waals surface area contributed by atoms with Gasteiger partial charge >= 0.3 is 6.03 Å². The van der Waals surface area contributed by atoms with Crippen molar-refractivity contribution in [3.8, 4) is 0 Å². The molecule has 1 aliphatic heterocycles. The topological polar surface area (TPSA) is 61.4 Å². The third-order valence-corrected chi connectivity index (χ3v) is 3.98. The maximum absolute atomic E-state index is 13.5. The van der Waals surface area contributed by atoms with Gasteiger partial charge in [0.05, 0.1) is 5.92 Å². The van der Waals surface area contributed by atoms with Crippen molar-refractivity contribution >= 4 is 11.9 Å². The van der Waals surface area contributed by atoms with Gasteiger partial charge in [-0.05, 0) is 38.5 Å². The zero-order valence-electron chi connectivity index (χ0n) is 13.8. The first-order chi connectivity index (χ1) is 10.9. The third-order valence-electron chi connectivity index (χ3n) is 3.98. The summed E-state index contributed by atoms with van der Waals surface area (Å²) in [6.07, 6.45) is 0. The van der Waals surface area contributed by atoms with E-state index < -0.39 is 0 Å². The molecular weight excluding hydrogens is 297 g/mol. The SMILES string of the molecule is CCNC(=O)N1CC(C(=O)NC(C)C)C(c2cccc(F)c2)C1. The number of carbonyl (C=O) groups is 2. The molecule has 2 unspecified atom stereocenters. The molecule has 1 aromatic carbocycles. The van der Waals surface area contributed by atoms with Crippen LogP contribution in [0.25, 0.3) is 0 Å². The molecule has 0 bridgehead atoms. The number of amides is 3. The van der Waals surface area contributed by atoms with Crippen LogP contribution in [0, 0.1) is 11.7 Å². The van der Waals surface area contributed by atoms with Crippen LogP contribution < -0.4 is 10.6 Å². The number of carbonyl (C=O) groups excluding carboxylic acids is 2. The van der Waals surface area contributed by atoms with Gasteiger partial charge in [0.15, 0.2) is 0 Å². The average molecular weight is 321 g/mol. The van der Waals surface area contributed by atoms with E-state index in [1.54, 1.807) is 11.0 Å². The van der Waals surface area contributed by atoms with Crippen molar-refractivity contribution < 1.29 is 14.0 Å². The maximum Gasteiger partial charge on any atom is 0.317 e. The monoisotopic (exact) mass is 321 g/mol. The molecule has 5 nitrogen and oxygen atoms in total. The van der Waals surface area contributed by atoms with Crippen LogP contribution in [0.15, 0.2) is 24.3 Å². The number of hydrogen-bond donors (Lipinski definition) is 2. The lowest BCUT2D eigenvalue weighted by molar-refractivity contribution is -0.125. The van der Waals surface area contributed by atoms with Gasteiger partial charge < -0.3 is 15.5 Å². The second-order valence-corrected chi connectivity index (χ2v) is 6.17. The van der Waals surface area contributed by atoms with Gasteiger partial charge in [-0.2, -0.15) is 0 Å². The Morgan fingerprint density at radius 1 is 1.35 bits per heavy atom. The molecule has 0 saturated carbocycles. The molecule has 2 atom stereocenters. The normalized spacial score (nSPS) is 20.7. The fourth-order valence-electron chi connectivity index (χ4n) is 2.96. The lowest BCUT2D eigenvalue weighted by Gasteiger charge is -2.19. The number of likely N-dealkylation sites (tertiary alicyclic amines) is 1. The summed E-state index contributed by atoms with van der Waals surface area (Å²) in [6, 6.07) is 6.11. The molecule has 0 spiro atoms. The Morgan fingerprint density at radius 2 is 2.09 bits per heavy atom. The standard InChI is InChI=1S/C17H24FN3O2/c1-4-19-17(23)21-9-14(12-6-5-7-13(18)8-12)15(10-21)16(22)20-11(2)3/h5-8,11,14-15H,4,9-10H2,1-3H3,(H,19,23)(H,20,22). The summed E-state index contributed by atoms with van der Waals surface area (Å²) in [5.41, 5.74) is 0.751. The summed E-state index contributed by atoms with van der Waals surface area (Å²) >= 11 is 0. The Bertz CT molecular complexity index is 577. The molecular formula is C17H24FN3O2. The molecule has 0 radical (unpaired) electrons. The number of nitrogens with zero attached hydrogens (tertiary/aromatic N) is 1. The molecule has 126 valence electrons. The zero-order chi connectivity index (χ0) is 17.0. The molecule has 0 aromatic heterocycles. The summed E-state index contributed by atoms with van der Waals surface area (Å²) in [5, 5.41) is 5.65. The van der Waals surface area contributed by atoms with E-state index in [1.165, 1.54) is 12.1 Å². The maximum atomic E-state index is 13.5. The van der Waals surface area contributed by atoms with Crippen LogP contribution in [0.1, 0.15) is 32.3 Å². The molecule has 2 rings (SSSR count). The minimum Gasteiger partial charge on any atom is -0.354 e. The highest BCUT2D eigenvalue weighted by Gasteiger charge is 2.40. The van der Waals surface area contributed by atoms with Crippen LogP contribution >= 0.6 is 0 Å². The van der Waals surface area contributed by atoms with Gasteiger partial charge in [-0.25, -0.2) is 9.18 Å². The van der Waals surface area contributed by atoms with E-state index in [0.717, 1.165) is 5.56 Å². The first kappa shape index (κ1) is 17.2. The number of rotatable bonds is 4. The van der Waals surface area contributed by atoms with Gasteiger partial charge in [0.1, 0.15) is 5.82 Å². The van der Waals surface area contributed by atoms with Crippen LogP contribution in [0.2, 0.25) is 0 Å². The van der Waals surface area contributed by atoms with E-state index in [4.69, 9.17) is 0 Å². The molecule has 0 aliphatic carbocycles. The second-order valence-electron chi connectivity index (χ2n) is 6.17. The quantitative estimate of drug-likeness (QED) is 0.892. The van der Waals surface area contributed by atoms with Gasteiger partial charge in [-0.3, -0.25) is 4.79 Å². The summed E-state index contributed by atoms with van der Waals surface area (Å²) in [6.45, 7) is 6.91. The number of nitrogens with one attached hydrogen (secondary N) is 2. The van der Waals surface area contributed by atoms with Crippen molar-refractivity contribution in [2.45, 2.75) is 32.7 Å². The highest BCUT2D eigenvalue weighted by molar-refractivity contribution is 5.83. The van der Waals surface area contributed by atoms with E-state index in [0.29, 0.717) is 19.6 Å². The molecule has 3 amide bonds. The Hall–Kier alpha value is -2.11. The minimum absolute atomic E-state index is 0.0224. The predicted molar refractivity (Wildman–Crippen MR) is 86.6 cm³/mol. The number of halogens is 1. The molecule has 1 fully saturated rings. The highest BCUT2D eigenvalue weighted by Crippen LogP contribution is 2.33. The molecule has 23 heavy (non-hydrogen) atoms. The van der Waals surface area contributed by atoms with Crippen molar-refractivity contribution in [3.05, 3.63) is 35.6 Å². The lowest BCUT2D eigenvalue weighted by Crippen LogP contribution is -2.41. The van der Waals surface area contributed by atoms with Gasteiger partial charge in [0.25, 0.3) is 0 Å². The Kier molecular flexibility index (Phi) is 5.58. The van der Waals surface area contributed by atoms with E-state index in [2.05, 4.69) is 10.6 Å². The van der Waals surface area contributed by atoms with Gasteiger partial charge in [0.2, 0.25) is 5.91 Å². The van der Waals surface area contributed by atoms with Crippen LogP contribution in [0.4, 0.5) is 9.18 Å². The first-order valence-electron chi connectivity index (χ1n) is 8.01. The molecule has 1 heterocycles. The lowest BCUT2D eigenvalue weighted by atomic mass is 9.88. The van der Waals surface area contributed by atoms with Crippen molar-refractivity contribution in [2.24, 2.45) is 5.92 Å². The van der Waals surface area contributed by atoms with Gasteiger partial charge in [0, 0.05) is 31.6 Å². The van der Waals surface area contributed by atoms with Gasteiger partial charge in [-0.1, -0.05) is 12.1 Å². The number of benzene rings is 1. The molecule has 2 N–H and O–H groups in total. The van der Waals surface area contributed by atoms with Crippen LogP contribution in [0.5, 0.6) is 0 Å². The van der Waals surface area contributed by atoms with Crippen molar-refractivity contribution in [1.29, 1.82) is 0 Å². The van der Waals surface area contributed by atoms with Gasteiger partial charge in [-0.15, -0.1) is 0 Å².